The van der Waals surface area contributed by atoms with Crippen molar-refractivity contribution in [3.63, 3.8) is 0 Å². The molecule has 0 radical (unpaired) electrons. The van der Waals surface area contributed by atoms with Gasteiger partial charge in [-0.2, -0.15) is 4.31 Å². The zero-order valence-corrected chi connectivity index (χ0v) is 16.0. The normalized spacial score (nSPS) is 11.6. The highest BCUT2D eigenvalue weighted by Crippen LogP contribution is 2.28. The molecule has 9 heteroatoms. The standard InChI is InChI=1S/C16H17Cl2N3O3S/c1-3-21(4-2)25(23,24)14-9-12(6-7-13(14)17)20-16(22)11-5-8-15(18)19-10-11/h5-10H,3-4H2,1-2H3,(H,20,22). The molecule has 0 saturated carbocycles. The fourth-order valence-electron chi connectivity index (χ4n) is 2.19. The minimum Gasteiger partial charge on any atom is -0.322 e. The maximum atomic E-state index is 12.7. The molecule has 1 aromatic carbocycles. The van der Waals surface area contributed by atoms with E-state index in [1.165, 1.54) is 40.8 Å². The number of hydrogen-bond donors (Lipinski definition) is 1. The molecular formula is C16H17Cl2N3O3S. The van der Waals surface area contributed by atoms with Crippen molar-refractivity contribution in [1.29, 1.82) is 0 Å². The van der Waals surface area contributed by atoms with Crippen molar-refractivity contribution >= 4 is 44.8 Å². The number of carbonyl (C=O) groups is 1. The van der Waals surface area contributed by atoms with Gasteiger partial charge in [0.05, 0.1) is 10.6 Å². The van der Waals surface area contributed by atoms with E-state index in [-0.39, 0.29) is 15.1 Å². The molecule has 0 aliphatic heterocycles. The Balaban J connectivity index is 2.33. The Morgan fingerprint density at radius 1 is 1.16 bits per heavy atom. The highest BCUT2D eigenvalue weighted by molar-refractivity contribution is 7.89. The molecule has 0 fully saturated rings. The van der Waals surface area contributed by atoms with Gasteiger partial charge in [-0.25, -0.2) is 13.4 Å². The molecule has 25 heavy (non-hydrogen) atoms. The van der Waals surface area contributed by atoms with Crippen molar-refractivity contribution in [2.45, 2.75) is 18.7 Å². The quantitative estimate of drug-likeness (QED) is 0.748. The van der Waals surface area contributed by atoms with E-state index in [2.05, 4.69) is 10.3 Å². The number of hydrogen-bond acceptors (Lipinski definition) is 4. The Kier molecular flexibility index (Phi) is 6.40. The van der Waals surface area contributed by atoms with Crippen LogP contribution in [-0.4, -0.2) is 36.7 Å². The smallest absolute Gasteiger partial charge is 0.257 e. The minimum atomic E-state index is -3.74. The summed E-state index contributed by atoms with van der Waals surface area (Å²) in [4.78, 5) is 16.0. The number of aromatic nitrogens is 1. The Morgan fingerprint density at radius 3 is 2.40 bits per heavy atom. The molecule has 0 aliphatic rings. The summed E-state index contributed by atoms with van der Waals surface area (Å²) in [6.07, 6.45) is 1.33. The van der Waals surface area contributed by atoms with Gasteiger partial charge in [0, 0.05) is 25.0 Å². The van der Waals surface area contributed by atoms with Crippen molar-refractivity contribution in [3.05, 3.63) is 52.3 Å². The highest BCUT2D eigenvalue weighted by Gasteiger charge is 2.25. The molecule has 0 atom stereocenters. The molecule has 0 spiro atoms. The minimum absolute atomic E-state index is 0.0510. The van der Waals surface area contributed by atoms with Gasteiger partial charge in [0.2, 0.25) is 10.0 Å². The van der Waals surface area contributed by atoms with Gasteiger partial charge < -0.3 is 5.32 Å². The second-order valence-corrected chi connectivity index (χ2v) is 7.76. The molecule has 2 rings (SSSR count). The van der Waals surface area contributed by atoms with E-state index in [9.17, 15) is 13.2 Å². The predicted octanol–water partition coefficient (Wildman–Crippen LogP) is 3.67. The summed E-state index contributed by atoms with van der Waals surface area (Å²) < 4.78 is 26.6. The number of sulfonamides is 1. The van der Waals surface area contributed by atoms with Crippen LogP contribution < -0.4 is 5.32 Å². The molecule has 0 saturated heterocycles. The molecule has 1 N–H and O–H groups in total. The summed E-state index contributed by atoms with van der Waals surface area (Å²) >= 11 is 11.8. The van der Waals surface area contributed by atoms with Gasteiger partial charge in [0.15, 0.2) is 0 Å². The molecule has 1 amide bonds. The third-order valence-corrected chi connectivity index (χ3v) is 6.26. The van der Waals surface area contributed by atoms with Crippen LogP contribution in [0.2, 0.25) is 10.2 Å². The van der Waals surface area contributed by atoms with Crippen LogP contribution in [0.4, 0.5) is 5.69 Å². The third-order valence-electron chi connectivity index (χ3n) is 3.50. The summed E-state index contributed by atoms with van der Waals surface area (Å²) in [5.74, 6) is -0.433. The zero-order valence-electron chi connectivity index (χ0n) is 13.7. The number of anilines is 1. The highest BCUT2D eigenvalue weighted by atomic mass is 35.5. The average molecular weight is 402 g/mol. The van der Waals surface area contributed by atoms with E-state index in [0.29, 0.717) is 24.3 Å². The molecular weight excluding hydrogens is 385 g/mol. The first-order valence-corrected chi connectivity index (χ1v) is 9.71. The van der Waals surface area contributed by atoms with Crippen molar-refractivity contribution in [1.82, 2.24) is 9.29 Å². The summed E-state index contributed by atoms with van der Waals surface area (Å²) in [7, 11) is -3.74. The second kappa shape index (κ2) is 8.14. The van der Waals surface area contributed by atoms with Gasteiger partial charge >= 0.3 is 0 Å². The van der Waals surface area contributed by atoms with Crippen LogP contribution in [0.3, 0.4) is 0 Å². The second-order valence-electron chi connectivity index (χ2n) is 5.06. The number of halogens is 2. The maximum absolute atomic E-state index is 12.7. The average Bonchev–Trinajstić information content (AvgIpc) is 2.57. The molecule has 1 aromatic heterocycles. The van der Waals surface area contributed by atoms with Crippen LogP contribution in [0.1, 0.15) is 24.2 Å². The Morgan fingerprint density at radius 2 is 1.84 bits per heavy atom. The van der Waals surface area contributed by atoms with E-state index in [1.54, 1.807) is 13.8 Å². The van der Waals surface area contributed by atoms with Crippen molar-refractivity contribution in [2.24, 2.45) is 0 Å². The third kappa shape index (κ3) is 4.49. The first-order valence-electron chi connectivity index (χ1n) is 7.52. The van der Waals surface area contributed by atoms with E-state index >= 15 is 0 Å². The molecule has 0 bridgehead atoms. The number of pyridine rings is 1. The van der Waals surface area contributed by atoms with Crippen molar-refractivity contribution in [3.8, 4) is 0 Å². The number of amides is 1. The van der Waals surface area contributed by atoms with Crippen LogP contribution in [0.25, 0.3) is 0 Å². The first-order chi connectivity index (χ1) is 11.8. The SMILES string of the molecule is CCN(CC)S(=O)(=O)c1cc(NC(=O)c2ccc(Cl)nc2)ccc1Cl. The summed E-state index contributed by atoms with van der Waals surface area (Å²) in [5, 5.41) is 3.00. The van der Waals surface area contributed by atoms with Crippen molar-refractivity contribution < 1.29 is 13.2 Å². The van der Waals surface area contributed by atoms with Crippen LogP contribution >= 0.6 is 23.2 Å². The summed E-state index contributed by atoms with van der Waals surface area (Å²) in [6.45, 7) is 4.13. The first kappa shape index (κ1) is 19.7. The molecule has 134 valence electrons. The lowest BCUT2D eigenvalue weighted by molar-refractivity contribution is 0.102. The maximum Gasteiger partial charge on any atom is 0.257 e. The monoisotopic (exact) mass is 401 g/mol. The van der Waals surface area contributed by atoms with Crippen LogP contribution in [-0.2, 0) is 10.0 Å². The van der Waals surface area contributed by atoms with Crippen LogP contribution in [0.5, 0.6) is 0 Å². The number of benzene rings is 1. The molecule has 1 heterocycles. The van der Waals surface area contributed by atoms with Gasteiger partial charge in [0.25, 0.3) is 5.91 Å². The van der Waals surface area contributed by atoms with Crippen molar-refractivity contribution in [2.75, 3.05) is 18.4 Å². The Bertz CT molecular complexity index is 867. The largest absolute Gasteiger partial charge is 0.322 e. The van der Waals surface area contributed by atoms with E-state index in [0.717, 1.165) is 0 Å². The summed E-state index contributed by atoms with van der Waals surface area (Å²) in [5.41, 5.74) is 0.614. The molecule has 0 unspecified atom stereocenters. The Labute approximate surface area is 156 Å². The lowest BCUT2D eigenvalue weighted by Gasteiger charge is -2.19. The van der Waals surface area contributed by atoms with Crippen LogP contribution in [0, 0.1) is 0 Å². The van der Waals surface area contributed by atoms with Crippen LogP contribution in [0.15, 0.2) is 41.4 Å². The lowest BCUT2D eigenvalue weighted by atomic mass is 10.2. The van der Waals surface area contributed by atoms with E-state index in [4.69, 9.17) is 23.2 Å². The van der Waals surface area contributed by atoms with E-state index in [1.807, 2.05) is 0 Å². The van der Waals surface area contributed by atoms with Gasteiger partial charge in [-0.3, -0.25) is 4.79 Å². The summed E-state index contributed by atoms with van der Waals surface area (Å²) in [6, 6.07) is 7.33. The number of rotatable bonds is 6. The lowest BCUT2D eigenvalue weighted by Crippen LogP contribution is -2.30. The molecule has 6 nitrogen and oxygen atoms in total. The fourth-order valence-corrected chi connectivity index (χ4v) is 4.27. The topological polar surface area (TPSA) is 79.4 Å². The van der Waals surface area contributed by atoms with Gasteiger partial charge in [-0.1, -0.05) is 37.0 Å². The Hall–Kier alpha value is -1.67. The predicted molar refractivity (Wildman–Crippen MR) is 98.8 cm³/mol. The van der Waals surface area contributed by atoms with E-state index < -0.39 is 15.9 Å². The number of nitrogens with one attached hydrogen (secondary N) is 1. The van der Waals surface area contributed by atoms with Gasteiger partial charge in [0.1, 0.15) is 10.0 Å². The fraction of sp³-hybridized carbons (Fsp3) is 0.250. The number of carbonyl (C=O) groups excluding carboxylic acids is 1. The molecule has 0 aliphatic carbocycles. The molecule has 2 aromatic rings. The number of nitrogens with zero attached hydrogens (tertiary/aromatic N) is 2. The van der Waals surface area contributed by atoms with Gasteiger partial charge in [-0.05, 0) is 30.3 Å². The van der Waals surface area contributed by atoms with Gasteiger partial charge in [-0.15, -0.1) is 0 Å². The zero-order chi connectivity index (χ0) is 18.6.